The Morgan fingerprint density at radius 3 is 2.71 bits per heavy atom. The number of carbonyl (C=O) groups is 1. The molecule has 0 aliphatic carbocycles. The molecule has 0 atom stereocenters. The second-order valence-electron chi connectivity index (χ2n) is 6.56. The molecule has 0 spiro atoms. The Kier molecular flexibility index (Phi) is 4.18. The molecule has 0 unspecified atom stereocenters. The number of pyridine rings is 1. The highest BCUT2D eigenvalue weighted by Crippen LogP contribution is 2.33. The summed E-state index contributed by atoms with van der Waals surface area (Å²) in [5.74, 6) is 1.46. The van der Waals surface area contributed by atoms with Gasteiger partial charge in [0.25, 0.3) is 5.91 Å². The van der Waals surface area contributed by atoms with Gasteiger partial charge in [0.1, 0.15) is 11.5 Å². The first-order valence-corrected chi connectivity index (χ1v) is 7.93. The van der Waals surface area contributed by atoms with Crippen LogP contribution in [0, 0.1) is 0 Å². The van der Waals surface area contributed by atoms with Crippen LogP contribution in [0.15, 0.2) is 36.5 Å². The van der Waals surface area contributed by atoms with Gasteiger partial charge in [-0.25, -0.2) is 0 Å². The molecule has 1 aliphatic heterocycles. The molecule has 126 valence electrons. The lowest BCUT2D eigenvalue weighted by molar-refractivity contribution is 0.0474. The zero-order valence-electron chi connectivity index (χ0n) is 14.5. The summed E-state index contributed by atoms with van der Waals surface area (Å²) in [6, 6.07) is 9.32. The van der Waals surface area contributed by atoms with Gasteiger partial charge in [0, 0.05) is 29.8 Å². The van der Waals surface area contributed by atoms with Crippen LogP contribution in [-0.2, 0) is 13.0 Å². The second kappa shape index (κ2) is 6.15. The summed E-state index contributed by atoms with van der Waals surface area (Å²) >= 11 is 0. The number of rotatable bonds is 4. The summed E-state index contributed by atoms with van der Waals surface area (Å²) in [5, 5.41) is 0. The molecule has 1 aromatic carbocycles. The maximum absolute atomic E-state index is 13.0. The number of aromatic nitrogens is 1. The van der Waals surface area contributed by atoms with Crippen molar-refractivity contribution in [2.24, 2.45) is 0 Å². The fraction of sp³-hybridized carbons (Fsp3) is 0.368. The Labute approximate surface area is 142 Å². The van der Waals surface area contributed by atoms with Crippen molar-refractivity contribution in [3.63, 3.8) is 0 Å². The van der Waals surface area contributed by atoms with Gasteiger partial charge >= 0.3 is 0 Å². The molecule has 0 saturated heterocycles. The first kappa shape index (κ1) is 16.3. The summed E-state index contributed by atoms with van der Waals surface area (Å²) in [6.07, 6.45) is 2.47. The summed E-state index contributed by atoms with van der Waals surface area (Å²) in [5.41, 5.74) is 2.19. The predicted molar refractivity (Wildman–Crippen MR) is 91.4 cm³/mol. The van der Waals surface area contributed by atoms with Gasteiger partial charge in [-0.2, -0.15) is 0 Å². The van der Waals surface area contributed by atoms with Crippen molar-refractivity contribution >= 4 is 5.91 Å². The highest BCUT2D eigenvalue weighted by Gasteiger charge is 2.38. The first-order valence-electron chi connectivity index (χ1n) is 7.93. The van der Waals surface area contributed by atoms with Crippen LogP contribution in [0.5, 0.6) is 11.5 Å². The van der Waals surface area contributed by atoms with Gasteiger partial charge in [0.2, 0.25) is 0 Å². The van der Waals surface area contributed by atoms with Crippen molar-refractivity contribution in [2.45, 2.75) is 32.4 Å². The van der Waals surface area contributed by atoms with Crippen molar-refractivity contribution < 1.29 is 14.3 Å². The Morgan fingerprint density at radius 1 is 1.21 bits per heavy atom. The molecule has 1 amide bonds. The third-order valence-corrected chi connectivity index (χ3v) is 4.52. The van der Waals surface area contributed by atoms with E-state index in [0.29, 0.717) is 12.1 Å². The molecule has 5 nitrogen and oxygen atoms in total. The van der Waals surface area contributed by atoms with Crippen LogP contribution >= 0.6 is 0 Å². The van der Waals surface area contributed by atoms with Crippen molar-refractivity contribution in [1.82, 2.24) is 9.88 Å². The molecule has 1 aliphatic rings. The number of nitrogens with zero attached hydrogens (tertiary/aromatic N) is 2. The number of amides is 1. The molecule has 1 aromatic heterocycles. The van der Waals surface area contributed by atoms with Gasteiger partial charge in [-0.05, 0) is 38.1 Å². The Balaban J connectivity index is 1.96. The van der Waals surface area contributed by atoms with Crippen LogP contribution in [0.4, 0.5) is 0 Å². The summed E-state index contributed by atoms with van der Waals surface area (Å²) in [4.78, 5) is 19.2. The molecule has 0 fully saturated rings. The summed E-state index contributed by atoms with van der Waals surface area (Å²) in [7, 11) is 3.25. The maximum atomic E-state index is 13.0. The lowest BCUT2D eigenvalue weighted by Crippen LogP contribution is -2.52. The quantitative estimate of drug-likeness (QED) is 0.866. The van der Waals surface area contributed by atoms with Gasteiger partial charge in [-0.15, -0.1) is 0 Å². The normalized spacial score (nSPS) is 15.8. The molecule has 0 N–H and O–H groups in total. The van der Waals surface area contributed by atoms with Crippen molar-refractivity contribution in [3.05, 3.63) is 53.3 Å². The van der Waals surface area contributed by atoms with Crippen LogP contribution in [0.1, 0.15) is 35.5 Å². The molecule has 3 rings (SSSR count). The van der Waals surface area contributed by atoms with Crippen LogP contribution in [0.25, 0.3) is 0 Å². The van der Waals surface area contributed by atoms with E-state index in [4.69, 9.17) is 9.47 Å². The summed E-state index contributed by atoms with van der Waals surface area (Å²) in [6.45, 7) is 4.62. The molecule has 2 heterocycles. The SMILES string of the molecule is COc1ccc(CN2C(=O)c3cccnc3CC2(C)C)c(OC)c1. The van der Waals surface area contributed by atoms with Crippen molar-refractivity contribution in [1.29, 1.82) is 0 Å². The van der Waals surface area contributed by atoms with Gasteiger partial charge in [0.15, 0.2) is 0 Å². The van der Waals surface area contributed by atoms with Gasteiger partial charge in [-0.3, -0.25) is 9.78 Å². The highest BCUT2D eigenvalue weighted by atomic mass is 16.5. The van der Waals surface area contributed by atoms with Gasteiger partial charge in [-0.1, -0.05) is 0 Å². The van der Waals surface area contributed by atoms with E-state index in [0.717, 1.165) is 29.2 Å². The number of hydrogen-bond acceptors (Lipinski definition) is 4. The minimum atomic E-state index is -0.316. The van der Waals surface area contributed by atoms with Crippen molar-refractivity contribution in [3.8, 4) is 11.5 Å². The molecular formula is C19H22N2O3. The molecule has 24 heavy (non-hydrogen) atoms. The molecule has 5 heteroatoms. The van der Waals surface area contributed by atoms with Crippen LogP contribution in [-0.4, -0.2) is 35.5 Å². The largest absolute Gasteiger partial charge is 0.497 e. The Hall–Kier alpha value is -2.56. The van der Waals surface area contributed by atoms with E-state index in [1.165, 1.54) is 0 Å². The number of hydrogen-bond donors (Lipinski definition) is 0. The van der Waals surface area contributed by atoms with Gasteiger partial charge < -0.3 is 14.4 Å². The average molecular weight is 326 g/mol. The second-order valence-corrected chi connectivity index (χ2v) is 6.56. The number of benzene rings is 1. The van der Waals surface area contributed by atoms with Crippen LogP contribution < -0.4 is 9.47 Å². The molecule has 2 aromatic rings. The zero-order chi connectivity index (χ0) is 17.3. The average Bonchev–Trinajstić information content (AvgIpc) is 2.58. The first-order chi connectivity index (χ1) is 11.5. The van der Waals surface area contributed by atoms with Crippen molar-refractivity contribution in [2.75, 3.05) is 14.2 Å². The van der Waals surface area contributed by atoms with E-state index in [1.807, 2.05) is 29.2 Å². The lowest BCUT2D eigenvalue weighted by atomic mass is 9.87. The van der Waals surface area contributed by atoms with E-state index in [2.05, 4.69) is 18.8 Å². The maximum Gasteiger partial charge on any atom is 0.256 e. The number of ether oxygens (including phenoxy) is 2. The van der Waals surface area contributed by atoms with E-state index in [9.17, 15) is 4.79 Å². The van der Waals surface area contributed by atoms with E-state index in [-0.39, 0.29) is 11.4 Å². The number of carbonyl (C=O) groups excluding carboxylic acids is 1. The van der Waals surface area contributed by atoms with E-state index >= 15 is 0 Å². The monoisotopic (exact) mass is 326 g/mol. The summed E-state index contributed by atoms with van der Waals surface area (Å²) < 4.78 is 10.7. The lowest BCUT2D eigenvalue weighted by Gasteiger charge is -2.42. The van der Waals surface area contributed by atoms with Crippen LogP contribution in [0.2, 0.25) is 0 Å². The predicted octanol–water partition coefficient (Wildman–Crippen LogP) is 3.08. The minimum absolute atomic E-state index is 0.00669. The minimum Gasteiger partial charge on any atom is -0.497 e. The smallest absolute Gasteiger partial charge is 0.256 e. The topological polar surface area (TPSA) is 51.7 Å². The Morgan fingerprint density at radius 2 is 2.00 bits per heavy atom. The Bertz CT molecular complexity index is 771. The molecule has 0 bridgehead atoms. The number of fused-ring (bicyclic) bond motifs is 1. The number of methoxy groups -OCH3 is 2. The zero-order valence-corrected chi connectivity index (χ0v) is 14.5. The fourth-order valence-electron chi connectivity index (χ4n) is 3.14. The van der Waals surface area contributed by atoms with E-state index < -0.39 is 0 Å². The third kappa shape index (κ3) is 2.82. The van der Waals surface area contributed by atoms with Crippen LogP contribution in [0.3, 0.4) is 0 Å². The van der Waals surface area contributed by atoms with Gasteiger partial charge in [0.05, 0.1) is 32.0 Å². The molecular weight excluding hydrogens is 304 g/mol. The fourth-order valence-corrected chi connectivity index (χ4v) is 3.14. The molecule has 0 radical (unpaired) electrons. The standard InChI is InChI=1S/C19H22N2O3/c1-19(2)11-16-15(6-5-9-20-16)18(22)21(19)12-13-7-8-14(23-3)10-17(13)24-4/h5-10H,11-12H2,1-4H3. The molecule has 0 saturated carbocycles. The highest BCUT2D eigenvalue weighted by molar-refractivity contribution is 5.97. The third-order valence-electron chi connectivity index (χ3n) is 4.52. The van der Waals surface area contributed by atoms with E-state index in [1.54, 1.807) is 26.5 Å².